The highest BCUT2D eigenvalue weighted by Gasteiger charge is 2.43. The van der Waals surface area contributed by atoms with E-state index in [1.165, 1.54) is 17.0 Å². The molecule has 0 spiro atoms. The zero-order valence-electron chi connectivity index (χ0n) is 14.3. The lowest BCUT2D eigenvalue weighted by Crippen LogP contribution is -2.59. The van der Waals surface area contributed by atoms with Gasteiger partial charge in [-0.3, -0.25) is 14.5 Å². The lowest BCUT2D eigenvalue weighted by atomic mass is 9.96. The van der Waals surface area contributed by atoms with Gasteiger partial charge in [0.15, 0.2) is 6.61 Å². The number of ether oxygens (including phenoxy) is 1. The van der Waals surface area contributed by atoms with Gasteiger partial charge in [-0.25, -0.2) is 4.79 Å². The molecule has 0 aliphatic carbocycles. The average Bonchev–Trinajstić information content (AvgIpc) is 2.61. The second-order valence-corrected chi connectivity index (χ2v) is 6.78. The zero-order valence-corrected chi connectivity index (χ0v) is 15.0. The molecular weight excluding hydrogens is 356 g/mol. The Hall–Kier alpha value is -2.86. The summed E-state index contributed by atoms with van der Waals surface area (Å²) in [6, 6.07) is 13.1. The summed E-state index contributed by atoms with van der Waals surface area (Å²) in [5, 5.41) is 3.27. The molecule has 2 aromatic carbocycles. The van der Waals surface area contributed by atoms with Gasteiger partial charge in [-0.15, -0.1) is 0 Å². The lowest BCUT2D eigenvalue weighted by Gasteiger charge is -2.41. The number of fused-ring (bicyclic) bond motifs is 1. The minimum Gasteiger partial charge on any atom is -0.452 e. The van der Waals surface area contributed by atoms with Gasteiger partial charge in [0.05, 0.1) is 16.9 Å². The quantitative estimate of drug-likeness (QED) is 0.839. The third kappa shape index (κ3) is 3.28. The van der Waals surface area contributed by atoms with E-state index < -0.39 is 24.0 Å². The number of para-hydroxylation sites is 2. The third-order valence-corrected chi connectivity index (χ3v) is 4.42. The van der Waals surface area contributed by atoms with Gasteiger partial charge in [0.2, 0.25) is 5.91 Å². The number of amides is 2. The van der Waals surface area contributed by atoms with E-state index in [0.717, 1.165) is 0 Å². The van der Waals surface area contributed by atoms with Crippen LogP contribution in [0.5, 0.6) is 0 Å². The van der Waals surface area contributed by atoms with Crippen LogP contribution >= 0.6 is 11.6 Å². The van der Waals surface area contributed by atoms with Crippen molar-refractivity contribution in [3.05, 3.63) is 59.1 Å². The highest BCUT2D eigenvalue weighted by atomic mass is 35.5. The normalized spacial score (nSPS) is 15.0. The Labute approximate surface area is 155 Å². The second kappa shape index (κ2) is 6.80. The molecule has 1 aliphatic heterocycles. The van der Waals surface area contributed by atoms with Crippen LogP contribution in [0.1, 0.15) is 24.2 Å². The summed E-state index contributed by atoms with van der Waals surface area (Å²) in [6.45, 7) is 2.79. The largest absolute Gasteiger partial charge is 0.452 e. The molecule has 2 aromatic rings. The van der Waals surface area contributed by atoms with Gasteiger partial charge in [-0.05, 0) is 50.2 Å². The van der Waals surface area contributed by atoms with Crippen molar-refractivity contribution in [1.29, 1.82) is 0 Å². The van der Waals surface area contributed by atoms with Gasteiger partial charge in [0.25, 0.3) is 5.91 Å². The van der Waals surface area contributed by atoms with Crippen LogP contribution in [0.25, 0.3) is 0 Å². The number of nitrogens with zero attached hydrogens (tertiary/aromatic N) is 1. The van der Waals surface area contributed by atoms with Gasteiger partial charge in [-0.1, -0.05) is 23.7 Å². The Morgan fingerprint density at radius 2 is 1.77 bits per heavy atom. The molecule has 0 aromatic heterocycles. The van der Waals surface area contributed by atoms with Gasteiger partial charge in [0, 0.05) is 5.02 Å². The highest BCUT2D eigenvalue weighted by molar-refractivity contribution is 6.30. The molecule has 0 saturated heterocycles. The fourth-order valence-corrected chi connectivity index (χ4v) is 2.89. The first-order chi connectivity index (χ1) is 12.3. The summed E-state index contributed by atoms with van der Waals surface area (Å²) >= 11 is 5.79. The Morgan fingerprint density at radius 1 is 1.12 bits per heavy atom. The van der Waals surface area contributed by atoms with E-state index in [4.69, 9.17) is 16.3 Å². The van der Waals surface area contributed by atoms with Crippen molar-refractivity contribution in [3.63, 3.8) is 0 Å². The molecule has 3 rings (SSSR count). The number of carbonyl (C=O) groups is 3. The summed E-state index contributed by atoms with van der Waals surface area (Å²) in [5.41, 5.74) is 0.273. The predicted octanol–water partition coefficient (Wildman–Crippen LogP) is 3.26. The molecule has 6 nitrogen and oxygen atoms in total. The molecule has 0 bridgehead atoms. The van der Waals surface area contributed by atoms with E-state index in [9.17, 15) is 14.4 Å². The van der Waals surface area contributed by atoms with Crippen LogP contribution < -0.4 is 10.2 Å². The Kier molecular flexibility index (Phi) is 4.70. The molecule has 0 radical (unpaired) electrons. The average molecular weight is 373 g/mol. The van der Waals surface area contributed by atoms with Crippen molar-refractivity contribution in [1.82, 2.24) is 0 Å². The lowest BCUT2D eigenvalue weighted by molar-refractivity contribution is -0.128. The van der Waals surface area contributed by atoms with Crippen LogP contribution in [0.4, 0.5) is 11.4 Å². The molecule has 1 heterocycles. The van der Waals surface area contributed by atoms with E-state index in [1.54, 1.807) is 50.2 Å². The molecule has 0 fully saturated rings. The van der Waals surface area contributed by atoms with Crippen LogP contribution in [0.3, 0.4) is 0 Å². The van der Waals surface area contributed by atoms with Crippen LogP contribution in [-0.2, 0) is 14.3 Å². The van der Waals surface area contributed by atoms with Crippen molar-refractivity contribution in [2.24, 2.45) is 0 Å². The van der Waals surface area contributed by atoms with E-state index in [1.807, 2.05) is 0 Å². The molecule has 0 saturated carbocycles. The van der Waals surface area contributed by atoms with E-state index >= 15 is 0 Å². The number of hydrogen-bond acceptors (Lipinski definition) is 4. The van der Waals surface area contributed by atoms with Crippen molar-refractivity contribution in [2.75, 3.05) is 16.8 Å². The molecule has 7 heteroatoms. The number of halogens is 1. The molecule has 0 unspecified atom stereocenters. The minimum atomic E-state index is -1.11. The zero-order chi connectivity index (χ0) is 18.9. The van der Waals surface area contributed by atoms with Gasteiger partial charge >= 0.3 is 5.97 Å². The fraction of sp³-hybridized carbons (Fsp3) is 0.211. The SMILES string of the molecule is CC1(C)C(=O)Nc2ccccc2N1C(=O)COC(=O)c1ccc(Cl)cc1. The summed E-state index contributed by atoms with van der Waals surface area (Å²) in [7, 11) is 0. The van der Waals surface area contributed by atoms with Crippen molar-refractivity contribution < 1.29 is 19.1 Å². The molecule has 0 atom stereocenters. The topological polar surface area (TPSA) is 75.7 Å². The Bertz CT molecular complexity index is 877. The molecule has 26 heavy (non-hydrogen) atoms. The standard InChI is InChI=1S/C19H17ClN2O4/c1-19(2)18(25)21-14-5-3-4-6-15(14)22(19)16(23)11-26-17(24)12-7-9-13(20)10-8-12/h3-10H,11H2,1-2H3,(H,21,25). The van der Waals surface area contributed by atoms with Crippen molar-refractivity contribution in [3.8, 4) is 0 Å². The Balaban J connectivity index is 1.79. The summed E-state index contributed by atoms with van der Waals surface area (Å²) in [4.78, 5) is 38.6. The number of carbonyl (C=O) groups excluding carboxylic acids is 3. The van der Waals surface area contributed by atoms with E-state index in [0.29, 0.717) is 22.0 Å². The van der Waals surface area contributed by atoms with E-state index in [2.05, 4.69) is 5.32 Å². The second-order valence-electron chi connectivity index (χ2n) is 6.34. The minimum absolute atomic E-state index is 0.290. The number of esters is 1. The van der Waals surface area contributed by atoms with Crippen LogP contribution in [0.2, 0.25) is 5.02 Å². The number of benzene rings is 2. The maximum Gasteiger partial charge on any atom is 0.338 e. The molecule has 134 valence electrons. The maximum absolute atomic E-state index is 12.8. The van der Waals surface area contributed by atoms with Crippen molar-refractivity contribution >= 4 is 40.8 Å². The first-order valence-corrected chi connectivity index (χ1v) is 8.35. The molecular formula is C19H17ClN2O4. The first kappa shape index (κ1) is 17.9. The van der Waals surface area contributed by atoms with Crippen LogP contribution in [0.15, 0.2) is 48.5 Å². The monoisotopic (exact) mass is 372 g/mol. The number of hydrogen-bond donors (Lipinski definition) is 1. The van der Waals surface area contributed by atoms with Gasteiger partial charge < -0.3 is 10.1 Å². The highest BCUT2D eigenvalue weighted by Crippen LogP contribution is 2.36. The summed E-state index contributed by atoms with van der Waals surface area (Å²) < 4.78 is 5.12. The number of rotatable bonds is 3. The first-order valence-electron chi connectivity index (χ1n) is 7.97. The maximum atomic E-state index is 12.8. The van der Waals surface area contributed by atoms with Crippen LogP contribution in [-0.4, -0.2) is 29.9 Å². The third-order valence-electron chi connectivity index (χ3n) is 4.16. The number of nitrogens with one attached hydrogen (secondary N) is 1. The molecule has 1 N–H and O–H groups in total. The smallest absolute Gasteiger partial charge is 0.338 e. The molecule has 2 amide bonds. The number of anilines is 2. The van der Waals surface area contributed by atoms with E-state index in [-0.39, 0.29) is 5.91 Å². The Morgan fingerprint density at radius 3 is 2.46 bits per heavy atom. The molecule has 1 aliphatic rings. The summed E-state index contributed by atoms with van der Waals surface area (Å²) in [6.07, 6.45) is 0. The fourth-order valence-electron chi connectivity index (χ4n) is 2.76. The van der Waals surface area contributed by atoms with Gasteiger partial charge in [0.1, 0.15) is 5.54 Å². The summed E-state index contributed by atoms with van der Waals surface area (Å²) in [5.74, 6) is -1.43. The van der Waals surface area contributed by atoms with Gasteiger partial charge in [-0.2, -0.15) is 0 Å². The van der Waals surface area contributed by atoms with Crippen molar-refractivity contribution in [2.45, 2.75) is 19.4 Å². The predicted molar refractivity (Wildman–Crippen MR) is 98.4 cm³/mol. The van der Waals surface area contributed by atoms with Crippen LogP contribution in [0, 0.1) is 0 Å².